The molecule has 1 atom stereocenters. The second-order valence-electron chi connectivity index (χ2n) is 6.03. The summed E-state index contributed by atoms with van der Waals surface area (Å²) in [6.45, 7) is 7.56. The van der Waals surface area contributed by atoms with Crippen molar-refractivity contribution >= 4 is 5.82 Å². The molecule has 0 fully saturated rings. The van der Waals surface area contributed by atoms with E-state index in [0.717, 1.165) is 55.3 Å². The minimum absolute atomic E-state index is 0.471. The van der Waals surface area contributed by atoms with Gasteiger partial charge in [0.05, 0.1) is 5.69 Å². The van der Waals surface area contributed by atoms with Crippen molar-refractivity contribution < 1.29 is 0 Å². The Morgan fingerprint density at radius 3 is 2.83 bits per heavy atom. The molecular weight excluding hydrogens is 290 g/mol. The topological polar surface area (TPSA) is 92.3 Å². The quantitative estimate of drug-likeness (QED) is 0.925. The molecule has 0 bridgehead atoms. The summed E-state index contributed by atoms with van der Waals surface area (Å²) in [4.78, 5) is 0. The van der Waals surface area contributed by atoms with Gasteiger partial charge in [0.15, 0.2) is 5.82 Å². The second kappa shape index (κ2) is 6.32. The largest absolute Gasteiger partial charge is 0.367 e. The van der Waals surface area contributed by atoms with Crippen molar-refractivity contribution in [3.8, 4) is 6.07 Å². The van der Waals surface area contributed by atoms with Gasteiger partial charge in [0.25, 0.3) is 0 Å². The van der Waals surface area contributed by atoms with Gasteiger partial charge in [-0.3, -0.25) is 0 Å². The smallest absolute Gasteiger partial charge is 0.166 e. The average Bonchev–Trinajstić information content (AvgIpc) is 2.98. The molecule has 3 heterocycles. The highest BCUT2D eigenvalue weighted by atomic mass is 15.3. The van der Waals surface area contributed by atoms with Crippen LogP contribution in [0.3, 0.4) is 0 Å². The van der Waals surface area contributed by atoms with Crippen molar-refractivity contribution in [3.05, 3.63) is 28.5 Å². The van der Waals surface area contributed by atoms with Gasteiger partial charge in [-0.25, -0.2) is 0 Å². The monoisotopic (exact) mass is 311 g/mol. The number of fused-ring (bicyclic) bond motifs is 1. The molecule has 0 aromatic carbocycles. The third-order valence-corrected chi connectivity index (χ3v) is 4.56. The van der Waals surface area contributed by atoms with Crippen LogP contribution in [0, 0.1) is 31.1 Å². The summed E-state index contributed by atoms with van der Waals surface area (Å²) >= 11 is 0. The third-order valence-electron chi connectivity index (χ3n) is 4.56. The molecule has 0 saturated carbocycles. The van der Waals surface area contributed by atoms with Crippen LogP contribution in [0.2, 0.25) is 0 Å². The lowest BCUT2D eigenvalue weighted by Crippen LogP contribution is -2.27. The fraction of sp³-hybridized carbons (Fsp3) is 0.562. The van der Waals surface area contributed by atoms with E-state index in [9.17, 15) is 5.26 Å². The zero-order valence-corrected chi connectivity index (χ0v) is 13.8. The van der Waals surface area contributed by atoms with Gasteiger partial charge in [-0.1, -0.05) is 6.92 Å². The predicted octanol–water partition coefficient (Wildman–Crippen LogP) is 1.79. The molecule has 2 aromatic rings. The van der Waals surface area contributed by atoms with Crippen molar-refractivity contribution in [1.29, 1.82) is 5.26 Å². The lowest BCUT2D eigenvalue weighted by atomic mass is 9.99. The first-order valence-corrected chi connectivity index (χ1v) is 8.02. The Bertz CT molecular complexity index is 743. The Morgan fingerprint density at radius 2 is 2.09 bits per heavy atom. The van der Waals surface area contributed by atoms with Crippen molar-refractivity contribution in [2.45, 2.75) is 46.6 Å². The number of rotatable bonds is 4. The molecule has 3 rings (SSSR count). The van der Waals surface area contributed by atoms with Crippen LogP contribution in [0.1, 0.15) is 41.8 Å². The molecule has 120 valence electrons. The Hall–Kier alpha value is -2.49. The highest BCUT2D eigenvalue weighted by Gasteiger charge is 2.22. The van der Waals surface area contributed by atoms with Gasteiger partial charge in [-0.15, -0.1) is 15.3 Å². The lowest BCUT2D eigenvalue weighted by molar-refractivity contribution is 0.374. The standard InChI is InChI=1S/C16H21N7/c1-4-14-20-21-15-6-5-12(9-23(14)15)8-18-16-13(7-17)10(2)11(3)19-22-16/h12H,4-6,8-9H2,1-3H3,(H,18,22)/t12-/m0/s1. The Labute approximate surface area is 135 Å². The number of anilines is 1. The molecule has 7 nitrogen and oxygen atoms in total. The number of hydrogen-bond acceptors (Lipinski definition) is 6. The van der Waals surface area contributed by atoms with Crippen LogP contribution in [-0.4, -0.2) is 31.5 Å². The minimum atomic E-state index is 0.471. The van der Waals surface area contributed by atoms with Gasteiger partial charge in [0.1, 0.15) is 23.3 Å². The highest BCUT2D eigenvalue weighted by molar-refractivity contribution is 5.55. The van der Waals surface area contributed by atoms with Crippen LogP contribution in [0.15, 0.2) is 0 Å². The molecule has 23 heavy (non-hydrogen) atoms. The summed E-state index contributed by atoms with van der Waals surface area (Å²) in [5.74, 6) is 3.19. The summed E-state index contributed by atoms with van der Waals surface area (Å²) in [5.41, 5.74) is 2.28. The van der Waals surface area contributed by atoms with E-state index in [2.05, 4.69) is 43.3 Å². The molecule has 1 aliphatic heterocycles. The highest BCUT2D eigenvalue weighted by Crippen LogP contribution is 2.22. The zero-order valence-electron chi connectivity index (χ0n) is 13.8. The molecule has 2 aromatic heterocycles. The lowest BCUT2D eigenvalue weighted by Gasteiger charge is -2.24. The Kier molecular flexibility index (Phi) is 4.24. The summed E-state index contributed by atoms with van der Waals surface area (Å²) in [5, 5.41) is 29.4. The minimum Gasteiger partial charge on any atom is -0.367 e. The van der Waals surface area contributed by atoms with E-state index in [1.54, 1.807) is 0 Å². The number of hydrogen-bond donors (Lipinski definition) is 1. The molecule has 1 aliphatic rings. The van der Waals surface area contributed by atoms with Crippen LogP contribution in [-0.2, 0) is 19.4 Å². The molecular formula is C16H21N7. The first-order valence-electron chi connectivity index (χ1n) is 8.02. The summed E-state index contributed by atoms with van der Waals surface area (Å²) in [6.07, 6.45) is 2.91. The molecule has 0 amide bonds. The molecule has 0 saturated heterocycles. The normalized spacial score (nSPS) is 16.7. The van der Waals surface area contributed by atoms with Crippen molar-refractivity contribution in [1.82, 2.24) is 25.0 Å². The van der Waals surface area contributed by atoms with Gasteiger partial charge < -0.3 is 9.88 Å². The molecule has 0 unspecified atom stereocenters. The fourth-order valence-corrected chi connectivity index (χ4v) is 2.99. The Morgan fingerprint density at radius 1 is 1.26 bits per heavy atom. The van der Waals surface area contributed by atoms with Gasteiger partial charge in [0.2, 0.25) is 0 Å². The molecule has 0 radical (unpaired) electrons. The van der Waals surface area contributed by atoms with E-state index in [-0.39, 0.29) is 0 Å². The number of nitrogens with zero attached hydrogens (tertiary/aromatic N) is 6. The number of aryl methyl sites for hydroxylation is 3. The van der Waals surface area contributed by atoms with Crippen LogP contribution in [0.4, 0.5) is 5.82 Å². The maximum atomic E-state index is 9.35. The van der Waals surface area contributed by atoms with Crippen LogP contribution in [0.5, 0.6) is 0 Å². The van der Waals surface area contributed by atoms with Crippen molar-refractivity contribution in [2.75, 3.05) is 11.9 Å². The van der Waals surface area contributed by atoms with Crippen LogP contribution < -0.4 is 5.32 Å². The molecule has 7 heteroatoms. The van der Waals surface area contributed by atoms with E-state index in [1.165, 1.54) is 0 Å². The third kappa shape index (κ3) is 2.89. The fourth-order valence-electron chi connectivity index (χ4n) is 2.99. The number of nitrogens with one attached hydrogen (secondary N) is 1. The summed E-state index contributed by atoms with van der Waals surface area (Å²) < 4.78 is 2.23. The van der Waals surface area contributed by atoms with Crippen LogP contribution in [0.25, 0.3) is 0 Å². The van der Waals surface area contributed by atoms with E-state index < -0.39 is 0 Å². The maximum absolute atomic E-state index is 9.35. The first kappa shape index (κ1) is 15.4. The van der Waals surface area contributed by atoms with Gasteiger partial charge in [-0.05, 0) is 31.7 Å². The van der Waals surface area contributed by atoms with E-state index in [4.69, 9.17) is 0 Å². The van der Waals surface area contributed by atoms with Gasteiger partial charge >= 0.3 is 0 Å². The van der Waals surface area contributed by atoms with Crippen LogP contribution >= 0.6 is 0 Å². The summed E-state index contributed by atoms with van der Waals surface area (Å²) in [6, 6.07) is 2.23. The maximum Gasteiger partial charge on any atom is 0.166 e. The van der Waals surface area contributed by atoms with Crippen molar-refractivity contribution in [3.63, 3.8) is 0 Å². The SMILES string of the molecule is CCc1nnc2n1C[C@H](CNc1nnc(C)c(C)c1C#N)CC2. The van der Waals surface area contributed by atoms with Gasteiger partial charge in [-0.2, -0.15) is 10.4 Å². The van der Waals surface area contributed by atoms with Crippen molar-refractivity contribution in [2.24, 2.45) is 5.92 Å². The Balaban J connectivity index is 1.71. The van der Waals surface area contributed by atoms with E-state index in [0.29, 0.717) is 17.3 Å². The number of aromatic nitrogens is 5. The van der Waals surface area contributed by atoms with Gasteiger partial charge in [0, 0.05) is 25.9 Å². The second-order valence-corrected chi connectivity index (χ2v) is 6.03. The zero-order chi connectivity index (χ0) is 16.4. The number of nitriles is 1. The molecule has 0 aliphatic carbocycles. The van der Waals surface area contributed by atoms with E-state index >= 15 is 0 Å². The summed E-state index contributed by atoms with van der Waals surface area (Å²) in [7, 11) is 0. The average molecular weight is 311 g/mol. The predicted molar refractivity (Wildman–Crippen MR) is 85.9 cm³/mol. The molecule has 0 spiro atoms. The first-order chi connectivity index (χ1) is 11.1. The van der Waals surface area contributed by atoms with E-state index in [1.807, 2.05) is 13.8 Å². The molecule has 1 N–H and O–H groups in total.